The van der Waals surface area contributed by atoms with Gasteiger partial charge in [0.25, 0.3) is 5.91 Å². The summed E-state index contributed by atoms with van der Waals surface area (Å²) in [5.41, 5.74) is 0. The summed E-state index contributed by atoms with van der Waals surface area (Å²) < 4.78 is 0. The lowest BCUT2D eigenvalue weighted by molar-refractivity contribution is -0.380. The molecule has 1 aliphatic heterocycles. The first-order valence-electron chi connectivity index (χ1n) is 5.35. The van der Waals surface area contributed by atoms with Gasteiger partial charge < -0.3 is 10.2 Å². The molecule has 0 aromatic carbocycles. The highest BCUT2D eigenvalue weighted by Crippen LogP contribution is 2.25. The third kappa shape index (κ3) is 3.18. The predicted molar refractivity (Wildman–Crippen MR) is 71.6 cm³/mol. The van der Waals surface area contributed by atoms with Crippen molar-refractivity contribution in [1.29, 1.82) is 0 Å². The fourth-order valence-electron chi connectivity index (χ4n) is 1.81. The highest BCUT2D eigenvalue weighted by atomic mass is 35.5. The molecular weight excluding hydrogens is 278 g/mol. The minimum Gasteiger partial charge on any atom is -0.335 e. The zero-order chi connectivity index (χ0) is 12.4. The Kier molecular flexibility index (Phi) is 5.06. The molecule has 100 valence electrons. The van der Waals surface area contributed by atoms with Gasteiger partial charge in [-0.15, -0.1) is 12.4 Å². The third-order valence-electron chi connectivity index (χ3n) is 2.64. The molecule has 1 aromatic rings. The standard InChI is InChI=1S/C10H13N3O3S.ClH/c1-7-6-12(5-4-11-7)10(14)8-2-3-9(17-8)13(15)16;/h2-3,7,11H,4-6H2,1H3;1H. The number of hydrogen-bond donors (Lipinski definition) is 1. The molecule has 0 radical (unpaired) electrons. The van der Waals surface area contributed by atoms with Crippen LogP contribution in [0.5, 0.6) is 0 Å². The van der Waals surface area contributed by atoms with Gasteiger partial charge in [-0.25, -0.2) is 0 Å². The molecule has 0 saturated carbocycles. The second kappa shape index (κ2) is 6.12. The number of piperazine rings is 1. The Hall–Kier alpha value is -1.18. The van der Waals surface area contributed by atoms with E-state index in [4.69, 9.17) is 0 Å². The van der Waals surface area contributed by atoms with Crippen molar-refractivity contribution >= 4 is 34.7 Å². The maximum absolute atomic E-state index is 12.1. The molecule has 0 aliphatic carbocycles. The number of thiophene rings is 1. The first-order valence-corrected chi connectivity index (χ1v) is 6.16. The van der Waals surface area contributed by atoms with Crippen LogP contribution in [0, 0.1) is 10.1 Å². The first-order chi connectivity index (χ1) is 8.08. The normalized spacial score (nSPS) is 19.2. The Morgan fingerprint density at radius 2 is 2.33 bits per heavy atom. The van der Waals surface area contributed by atoms with E-state index in [1.807, 2.05) is 6.92 Å². The maximum Gasteiger partial charge on any atom is 0.324 e. The summed E-state index contributed by atoms with van der Waals surface area (Å²) in [4.78, 5) is 24.3. The summed E-state index contributed by atoms with van der Waals surface area (Å²) in [7, 11) is 0. The van der Waals surface area contributed by atoms with Crippen LogP contribution in [0.3, 0.4) is 0 Å². The molecule has 1 unspecified atom stereocenters. The van der Waals surface area contributed by atoms with Crippen molar-refractivity contribution in [3.63, 3.8) is 0 Å². The van der Waals surface area contributed by atoms with Crippen molar-refractivity contribution in [1.82, 2.24) is 10.2 Å². The fourth-order valence-corrected chi connectivity index (χ4v) is 2.60. The van der Waals surface area contributed by atoms with Gasteiger partial charge in [0.2, 0.25) is 0 Å². The van der Waals surface area contributed by atoms with Crippen molar-refractivity contribution in [2.45, 2.75) is 13.0 Å². The van der Waals surface area contributed by atoms with E-state index in [2.05, 4.69) is 5.32 Å². The molecule has 18 heavy (non-hydrogen) atoms. The van der Waals surface area contributed by atoms with Gasteiger partial charge in [-0.05, 0) is 13.0 Å². The van der Waals surface area contributed by atoms with E-state index in [0.717, 1.165) is 17.9 Å². The van der Waals surface area contributed by atoms with Crippen molar-refractivity contribution in [3.8, 4) is 0 Å². The van der Waals surface area contributed by atoms with E-state index in [9.17, 15) is 14.9 Å². The van der Waals surface area contributed by atoms with E-state index in [0.29, 0.717) is 18.0 Å². The van der Waals surface area contributed by atoms with Gasteiger partial charge >= 0.3 is 5.00 Å². The number of rotatable bonds is 2. The quantitative estimate of drug-likeness (QED) is 0.662. The Bertz CT molecular complexity index is 451. The van der Waals surface area contributed by atoms with Crippen LogP contribution < -0.4 is 5.32 Å². The Balaban J connectivity index is 0.00000162. The summed E-state index contributed by atoms with van der Waals surface area (Å²) in [6.07, 6.45) is 0. The third-order valence-corrected chi connectivity index (χ3v) is 3.66. The number of nitro groups is 1. The summed E-state index contributed by atoms with van der Waals surface area (Å²) in [5, 5.41) is 13.8. The lowest BCUT2D eigenvalue weighted by Gasteiger charge is -2.31. The van der Waals surface area contributed by atoms with Gasteiger partial charge in [0.15, 0.2) is 0 Å². The van der Waals surface area contributed by atoms with Crippen LogP contribution in [0.2, 0.25) is 0 Å². The molecule has 1 aliphatic rings. The van der Waals surface area contributed by atoms with E-state index in [1.54, 1.807) is 4.90 Å². The van der Waals surface area contributed by atoms with E-state index in [-0.39, 0.29) is 29.4 Å². The first kappa shape index (κ1) is 14.9. The Morgan fingerprint density at radius 1 is 1.61 bits per heavy atom. The number of halogens is 1. The lowest BCUT2D eigenvalue weighted by Crippen LogP contribution is -2.51. The van der Waals surface area contributed by atoms with E-state index >= 15 is 0 Å². The second-order valence-corrected chi connectivity index (χ2v) is 5.06. The topological polar surface area (TPSA) is 75.5 Å². The molecule has 1 N–H and O–H groups in total. The Morgan fingerprint density at radius 3 is 2.89 bits per heavy atom. The number of carbonyl (C=O) groups is 1. The monoisotopic (exact) mass is 291 g/mol. The molecule has 1 amide bonds. The van der Waals surface area contributed by atoms with Crippen LogP contribution in [0.1, 0.15) is 16.6 Å². The van der Waals surface area contributed by atoms with Crippen molar-refractivity contribution in [3.05, 3.63) is 27.1 Å². The smallest absolute Gasteiger partial charge is 0.324 e. The fraction of sp³-hybridized carbons (Fsp3) is 0.500. The van der Waals surface area contributed by atoms with Gasteiger partial charge in [-0.2, -0.15) is 0 Å². The minimum atomic E-state index is -0.470. The molecule has 8 heteroatoms. The minimum absolute atomic E-state index is 0. The SMILES string of the molecule is CC1CN(C(=O)c2ccc([N+](=O)[O-])s2)CCN1.Cl. The second-order valence-electron chi connectivity index (χ2n) is 4.00. The van der Waals surface area contributed by atoms with Gasteiger partial charge in [0.1, 0.15) is 0 Å². The number of amides is 1. The lowest BCUT2D eigenvalue weighted by atomic mass is 10.2. The number of nitrogens with one attached hydrogen (secondary N) is 1. The predicted octanol–water partition coefficient (Wildman–Crippen LogP) is 1.51. The van der Waals surface area contributed by atoms with Crippen LogP contribution in [0.25, 0.3) is 0 Å². The van der Waals surface area contributed by atoms with Crippen LogP contribution in [0.15, 0.2) is 12.1 Å². The highest BCUT2D eigenvalue weighted by Gasteiger charge is 2.24. The van der Waals surface area contributed by atoms with Crippen molar-refractivity contribution in [2.75, 3.05) is 19.6 Å². The number of hydrogen-bond acceptors (Lipinski definition) is 5. The van der Waals surface area contributed by atoms with Gasteiger partial charge in [0.05, 0.1) is 9.80 Å². The Labute approximate surface area is 115 Å². The molecule has 2 rings (SSSR count). The summed E-state index contributed by atoms with van der Waals surface area (Å²) >= 11 is 0.933. The highest BCUT2D eigenvalue weighted by molar-refractivity contribution is 7.17. The van der Waals surface area contributed by atoms with E-state index < -0.39 is 4.92 Å². The molecule has 1 aromatic heterocycles. The van der Waals surface area contributed by atoms with Gasteiger partial charge in [-0.3, -0.25) is 14.9 Å². The zero-order valence-corrected chi connectivity index (χ0v) is 11.4. The molecule has 1 saturated heterocycles. The van der Waals surface area contributed by atoms with Gasteiger partial charge in [0, 0.05) is 31.7 Å². The van der Waals surface area contributed by atoms with Crippen LogP contribution in [-0.2, 0) is 0 Å². The number of nitrogens with zero attached hydrogens (tertiary/aromatic N) is 2. The van der Waals surface area contributed by atoms with Crippen molar-refractivity contribution < 1.29 is 9.72 Å². The average molecular weight is 292 g/mol. The number of carbonyl (C=O) groups excluding carboxylic acids is 1. The van der Waals surface area contributed by atoms with Crippen LogP contribution in [0.4, 0.5) is 5.00 Å². The van der Waals surface area contributed by atoms with Crippen molar-refractivity contribution in [2.24, 2.45) is 0 Å². The van der Waals surface area contributed by atoms with Crippen LogP contribution in [-0.4, -0.2) is 41.4 Å². The van der Waals surface area contributed by atoms with Crippen LogP contribution >= 0.6 is 23.7 Å². The summed E-state index contributed by atoms with van der Waals surface area (Å²) in [6, 6.07) is 3.17. The zero-order valence-electron chi connectivity index (χ0n) is 9.79. The molecular formula is C10H14ClN3O3S. The molecule has 1 fully saturated rings. The molecule has 1 atom stereocenters. The van der Waals surface area contributed by atoms with E-state index in [1.165, 1.54) is 12.1 Å². The van der Waals surface area contributed by atoms with Gasteiger partial charge in [-0.1, -0.05) is 11.3 Å². The molecule has 0 spiro atoms. The molecule has 2 heterocycles. The largest absolute Gasteiger partial charge is 0.335 e. The average Bonchev–Trinajstić information content (AvgIpc) is 2.77. The summed E-state index contributed by atoms with van der Waals surface area (Å²) in [6.45, 7) is 4.07. The maximum atomic E-state index is 12.1. The molecule has 6 nitrogen and oxygen atoms in total. The summed E-state index contributed by atoms with van der Waals surface area (Å²) in [5.74, 6) is -0.114. The molecule has 0 bridgehead atoms.